The molecule has 0 unspecified atom stereocenters. The van der Waals surface area contributed by atoms with E-state index in [1.807, 2.05) is 19.1 Å². The van der Waals surface area contributed by atoms with Crippen LogP contribution in [0.5, 0.6) is 0 Å². The van der Waals surface area contributed by atoms with Gasteiger partial charge in [-0.15, -0.1) is 0 Å². The predicted molar refractivity (Wildman–Crippen MR) is 112 cm³/mol. The van der Waals surface area contributed by atoms with Gasteiger partial charge in [-0.25, -0.2) is 0 Å². The summed E-state index contributed by atoms with van der Waals surface area (Å²) in [7, 11) is 0. The topological polar surface area (TPSA) is 68.2 Å². The Morgan fingerprint density at radius 3 is 2.27 bits per heavy atom. The van der Waals surface area contributed by atoms with Crippen LogP contribution in [0.1, 0.15) is 52.7 Å². The Morgan fingerprint density at radius 2 is 1.63 bits per heavy atom. The standard InChI is InChI=1S/C24H24N4O2/c1-2-21-25-22(30-26-21)16-28-14-13-20-19(15-28)24(27-29-20)23(17-9-5-3-6-10-17)18-11-7-4-8-12-18/h3-12,23H,2,13-16H2,1H3. The lowest BCUT2D eigenvalue weighted by atomic mass is 9.85. The number of rotatable bonds is 6. The summed E-state index contributed by atoms with van der Waals surface area (Å²) in [6.07, 6.45) is 1.60. The van der Waals surface area contributed by atoms with E-state index in [0.717, 1.165) is 43.2 Å². The molecular weight excluding hydrogens is 376 g/mol. The third kappa shape index (κ3) is 3.66. The van der Waals surface area contributed by atoms with Gasteiger partial charge in [0.05, 0.1) is 12.5 Å². The highest BCUT2D eigenvalue weighted by Crippen LogP contribution is 2.36. The normalized spacial score (nSPS) is 14.2. The molecule has 1 aliphatic heterocycles. The lowest BCUT2D eigenvalue weighted by Crippen LogP contribution is -2.30. The van der Waals surface area contributed by atoms with Gasteiger partial charge in [-0.2, -0.15) is 4.98 Å². The monoisotopic (exact) mass is 400 g/mol. The minimum Gasteiger partial charge on any atom is -0.361 e. The molecule has 0 bridgehead atoms. The zero-order chi connectivity index (χ0) is 20.3. The molecule has 0 radical (unpaired) electrons. The second kappa shape index (κ2) is 8.24. The van der Waals surface area contributed by atoms with E-state index in [2.05, 4.69) is 68.7 Å². The van der Waals surface area contributed by atoms with E-state index in [4.69, 9.17) is 9.05 Å². The molecule has 0 fully saturated rings. The van der Waals surface area contributed by atoms with E-state index in [1.54, 1.807) is 0 Å². The van der Waals surface area contributed by atoms with Crippen LogP contribution in [0.25, 0.3) is 0 Å². The lowest BCUT2D eigenvalue weighted by molar-refractivity contribution is 0.199. The second-order valence-electron chi connectivity index (χ2n) is 7.64. The van der Waals surface area contributed by atoms with Crippen LogP contribution in [0.3, 0.4) is 0 Å². The first-order valence-electron chi connectivity index (χ1n) is 10.4. The van der Waals surface area contributed by atoms with Crippen molar-refractivity contribution in [1.82, 2.24) is 20.2 Å². The number of fused-ring (bicyclic) bond motifs is 1. The fraction of sp³-hybridized carbons (Fsp3) is 0.292. The molecule has 2 aromatic heterocycles. The van der Waals surface area contributed by atoms with Gasteiger partial charge in [0, 0.05) is 31.5 Å². The van der Waals surface area contributed by atoms with Gasteiger partial charge >= 0.3 is 0 Å². The highest BCUT2D eigenvalue weighted by atomic mass is 16.5. The van der Waals surface area contributed by atoms with Gasteiger partial charge in [-0.05, 0) is 11.1 Å². The van der Waals surface area contributed by atoms with Crippen molar-refractivity contribution in [2.45, 2.75) is 38.8 Å². The summed E-state index contributed by atoms with van der Waals surface area (Å²) >= 11 is 0. The van der Waals surface area contributed by atoms with Crippen molar-refractivity contribution in [3.05, 3.63) is 101 Å². The van der Waals surface area contributed by atoms with Gasteiger partial charge < -0.3 is 9.05 Å². The zero-order valence-electron chi connectivity index (χ0n) is 17.0. The fourth-order valence-electron chi connectivity index (χ4n) is 4.14. The fourth-order valence-corrected chi connectivity index (χ4v) is 4.14. The third-order valence-electron chi connectivity index (χ3n) is 5.66. The van der Waals surface area contributed by atoms with Crippen LogP contribution in [0.4, 0.5) is 0 Å². The molecule has 0 spiro atoms. The number of aryl methyl sites for hydroxylation is 1. The van der Waals surface area contributed by atoms with E-state index in [-0.39, 0.29) is 5.92 Å². The maximum atomic E-state index is 5.80. The van der Waals surface area contributed by atoms with Crippen LogP contribution in [-0.2, 0) is 25.9 Å². The van der Waals surface area contributed by atoms with Crippen molar-refractivity contribution in [2.24, 2.45) is 0 Å². The molecule has 0 saturated carbocycles. The van der Waals surface area contributed by atoms with E-state index in [9.17, 15) is 0 Å². The Kier molecular flexibility index (Phi) is 5.15. The molecule has 2 aromatic carbocycles. The van der Waals surface area contributed by atoms with Crippen LogP contribution in [-0.4, -0.2) is 26.7 Å². The summed E-state index contributed by atoms with van der Waals surface area (Å²) in [4.78, 5) is 6.78. The van der Waals surface area contributed by atoms with Gasteiger partial charge in [0.1, 0.15) is 11.5 Å². The Balaban J connectivity index is 1.47. The van der Waals surface area contributed by atoms with Gasteiger partial charge in [0.2, 0.25) is 5.89 Å². The summed E-state index contributed by atoms with van der Waals surface area (Å²) in [5, 5.41) is 8.57. The molecule has 6 heteroatoms. The molecule has 0 N–H and O–H groups in total. The van der Waals surface area contributed by atoms with Crippen LogP contribution >= 0.6 is 0 Å². The molecule has 152 valence electrons. The Hall–Kier alpha value is -3.25. The second-order valence-corrected chi connectivity index (χ2v) is 7.64. The van der Waals surface area contributed by atoms with Crippen LogP contribution in [0.15, 0.2) is 69.7 Å². The Labute approximate surface area is 175 Å². The maximum Gasteiger partial charge on any atom is 0.240 e. The number of aromatic nitrogens is 3. The van der Waals surface area contributed by atoms with E-state index in [1.165, 1.54) is 16.7 Å². The first kappa shape index (κ1) is 18.8. The first-order valence-corrected chi connectivity index (χ1v) is 10.4. The number of hydrogen-bond acceptors (Lipinski definition) is 6. The molecule has 0 aliphatic carbocycles. The van der Waals surface area contributed by atoms with Gasteiger partial charge in [-0.3, -0.25) is 4.90 Å². The Morgan fingerprint density at radius 1 is 0.933 bits per heavy atom. The van der Waals surface area contributed by atoms with E-state index in [0.29, 0.717) is 12.4 Å². The number of nitrogens with zero attached hydrogens (tertiary/aromatic N) is 4. The molecule has 1 aliphatic rings. The molecule has 0 saturated heterocycles. The van der Waals surface area contributed by atoms with E-state index < -0.39 is 0 Å². The third-order valence-corrected chi connectivity index (χ3v) is 5.66. The average molecular weight is 400 g/mol. The maximum absolute atomic E-state index is 5.80. The summed E-state index contributed by atoms with van der Waals surface area (Å²) in [6.45, 7) is 4.30. The van der Waals surface area contributed by atoms with Gasteiger partial charge in [0.25, 0.3) is 0 Å². The molecule has 30 heavy (non-hydrogen) atoms. The largest absolute Gasteiger partial charge is 0.361 e. The molecule has 0 atom stereocenters. The smallest absolute Gasteiger partial charge is 0.240 e. The van der Waals surface area contributed by atoms with Crippen LogP contribution in [0, 0.1) is 0 Å². The first-order chi connectivity index (χ1) is 14.8. The van der Waals surface area contributed by atoms with Crippen LogP contribution in [0.2, 0.25) is 0 Å². The average Bonchev–Trinajstić information content (AvgIpc) is 3.43. The van der Waals surface area contributed by atoms with Crippen molar-refractivity contribution in [2.75, 3.05) is 6.54 Å². The van der Waals surface area contributed by atoms with Crippen molar-refractivity contribution < 1.29 is 9.05 Å². The molecule has 6 nitrogen and oxygen atoms in total. The molecule has 0 amide bonds. The molecule has 3 heterocycles. The van der Waals surface area contributed by atoms with E-state index >= 15 is 0 Å². The highest BCUT2D eigenvalue weighted by molar-refractivity contribution is 5.44. The number of hydrogen-bond donors (Lipinski definition) is 0. The quantitative estimate of drug-likeness (QED) is 0.479. The summed E-state index contributed by atoms with van der Waals surface area (Å²) in [6, 6.07) is 21.0. The van der Waals surface area contributed by atoms with Gasteiger partial charge in [0.15, 0.2) is 5.82 Å². The minimum atomic E-state index is 0.0370. The zero-order valence-corrected chi connectivity index (χ0v) is 17.0. The summed E-state index contributed by atoms with van der Waals surface area (Å²) < 4.78 is 11.2. The van der Waals surface area contributed by atoms with Crippen molar-refractivity contribution >= 4 is 0 Å². The summed E-state index contributed by atoms with van der Waals surface area (Å²) in [5.41, 5.74) is 4.59. The predicted octanol–water partition coefficient (Wildman–Crippen LogP) is 4.36. The summed E-state index contributed by atoms with van der Waals surface area (Å²) in [5.74, 6) is 2.44. The molecule has 4 aromatic rings. The lowest BCUT2D eigenvalue weighted by Gasteiger charge is -2.26. The molecular formula is C24H24N4O2. The Bertz CT molecular complexity index is 1070. The number of benzene rings is 2. The minimum absolute atomic E-state index is 0.0370. The van der Waals surface area contributed by atoms with Crippen molar-refractivity contribution in [3.63, 3.8) is 0 Å². The molecule has 5 rings (SSSR count). The van der Waals surface area contributed by atoms with Gasteiger partial charge in [-0.1, -0.05) is 77.9 Å². The van der Waals surface area contributed by atoms with Crippen molar-refractivity contribution in [3.8, 4) is 0 Å². The SMILES string of the molecule is CCc1noc(CN2CCc3onc(C(c4ccccc4)c4ccccc4)c3C2)n1. The van der Waals surface area contributed by atoms with Crippen molar-refractivity contribution in [1.29, 1.82) is 0 Å². The highest BCUT2D eigenvalue weighted by Gasteiger charge is 2.30. The van der Waals surface area contributed by atoms with Crippen LogP contribution < -0.4 is 0 Å².